The fourth-order valence-electron chi connectivity index (χ4n) is 2.80. The molecule has 1 nitrogen and oxygen atoms in total. The van der Waals surface area contributed by atoms with Gasteiger partial charge in [0.25, 0.3) is 0 Å². The van der Waals surface area contributed by atoms with Crippen molar-refractivity contribution in [3.63, 3.8) is 0 Å². The zero-order chi connectivity index (χ0) is 13.4. The van der Waals surface area contributed by atoms with Gasteiger partial charge in [0.1, 0.15) is 0 Å². The van der Waals surface area contributed by atoms with Crippen LogP contribution < -0.4 is 0 Å². The van der Waals surface area contributed by atoms with Gasteiger partial charge in [-0.1, -0.05) is 42.3 Å². The van der Waals surface area contributed by atoms with Crippen LogP contribution in [0.5, 0.6) is 0 Å². The lowest BCUT2D eigenvalue weighted by Gasteiger charge is -2.13. The molecule has 2 rings (SSSR count). The summed E-state index contributed by atoms with van der Waals surface area (Å²) in [6, 6.07) is 8.26. The summed E-state index contributed by atoms with van der Waals surface area (Å²) in [6.07, 6.45) is 0. The Morgan fingerprint density at radius 1 is 1.06 bits per heavy atom. The van der Waals surface area contributed by atoms with Gasteiger partial charge in [0.05, 0.1) is 0 Å². The summed E-state index contributed by atoms with van der Waals surface area (Å²) >= 11 is 0. The lowest BCUT2D eigenvalue weighted by molar-refractivity contribution is 0.818. The van der Waals surface area contributed by atoms with E-state index in [1.165, 1.54) is 27.9 Å². The molecule has 1 N–H and O–H groups in total. The van der Waals surface area contributed by atoms with Gasteiger partial charge in [-0.2, -0.15) is 0 Å². The fraction of sp³-hybridized carbons (Fsp3) is 0.353. The van der Waals surface area contributed by atoms with E-state index in [0.717, 1.165) is 5.56 Å². The maximum atomic E-state index is 7.93. The largest absolute Gasteiger partial charge is 0.305 e. The van der Waals surface area contributed by atoms with E-state index in [1.54, 1.807) is 0 Å². The van der Waals surface area contributed by atoms with Crippen LogP contribution in [-0.2, 0) is 0 Å². The molecule has 0 spiro atoms. The van der Waals surface area contributed by atoms with Crippen LogP contribution >= 0.6 is 0 Å². The molecule has 1 aromatic rings. The van der Waals surface area contributed by atoms with E-state index in [9.17, 15) is 0 Å². The quantitative estimate of drug-likeness (QED) is 0.714. The molecule has 18 heavy (non-hydrogen) atoms. The summed E-state index contributed by atoms with van der Waals surface area (Å²) in [5.74, 6) is 0.527. The normalized spacial score (nSPS) is 19.7. The summed E-state index contributed by atoms with van der Waals surface area (Å²) < 4.78 is 0. The molecule has 1 unspecified atom stereocenters. The highest BCUT2D eigenvalue weighted by Gasteiger charge is 2.25. The third-order valence-electron chi connectivity index (χ3n) is 4.26. The van der Waals surface area contributed by atoms with Crippen LogP contribution in [-0.4, -0.2) is 5.71 Å². The fourth-order valence-corrected chi connectivity index (χ4v) is 2.80. The van der Waals surface area contributed by atoms with E-state index in [4.69, 9.17) is 5.41 Å². The summed E-state index contributed by atoms with van der Waals surface area (Å²) in [4.78, 5) is 0. The highest BCUT2D eigenvalue weighted by Crippen LogP contribution is 2.42. The Labute approximate surface area is 110 Å². The molecule has 0 fully saturated rings. The Bertz CT molecular complexity index is 573. The second-order valence-corrected chi connectivity index (χ2v) is 5.26. The van der Waals surface area contributed by atoms with Gasteiger partial charge in [0.2, 0.25) is 0 Å². The maximum Gasteiger partial charge on any atom is 0.0361 e. The van der Waals surface area contributed by atoms with Gasteiger partial charge in [0.15, 0.2) is 0 Å². The molecule has 0 bridgehead atoms. The second-order valence-electron chi connectivity index (χ2n) is 5.26. The van der Waals surface area contributed by atoms with Crippen LogP contribution in [0.2, 0.25) is 0 Å². The SMILES string of the molecule is CC(=N)c1ccccc1C1=C(C)C(C)C(C)=C1C. The Kier molecular flexibility index (Phi) is 3.25. The molecule has 0 heterocycles. The van der Waals surface area contributed by atoms with Crippen LogP contribution in [0.4, 0.5) is 0 Å². The molecule has 94 valence electrons. The smallest absolute Gasteiger partial charge is 0.0361 e. The van der Waals surface area contributed by atoms with Crippen LogP contribution in [0.3, 0.4) is 0 Å². The van der Waals surface area contributed by atoms with Crippen molar-refractivity contribution in [2.24, 2.45) is 5.92 Å². The molecule has 1 atom stereocenters. The molecular formula is C17H21N. The Hall–Kier alpha value is -1.63. The number of nitrogens with one attached hydrogen (secondary N) is 1. The van der Waals surface area contributed by atoms with E-state index < -0.39 is 0 Å². The van der Waals surface area contributed by atoms with Crippen LogP contribution in [0.25, 0.3) is 5.57 Å². The van der Waals surface area contributed by atoms with Gasteiger partial charge in [-0.25, -0.2) is 0 Å². The molecule has 0 saturated carbocycles. The first-order chi connectivity index (χ1) is 8.45. The minimum Gasteiger partial charge on any atom is -0.305 e. The highest BCUT2D eigenvalue weighted by molar-refractivity contribution is 6.03. The van der Waals surface area contributed by atoms with Crippen molar-refractivity contribution in [2.75, 3.05) is 0 Å². The van der Waals surface area contributed by atoms with Crippen molar-refractivity contribution in [3.8, 4) is 0 Å². The molecule has 1 aliphatic carbocycles. The first-order valence-corrected chi connectivity index (χ1v) is 6.48. The summed E-state index contributed by atoms with van der Waals surface area (Å²) in [5, 5.41) is 7.93. The van der Waals surface area contributed by atoms with Gasteiger partial charge in [-0.05, 0) is 50.3 Å². The van der Waals surface area contributed by atoms with Crippen LogP contribution in [0.15, 0.2) is 41.0 Å². The minimum atomic E-state index is 0.527. The Balaban J connectivity index is 2.68. The molecule has 1 aromatic carbocycles. The molecule has 0 amide bonds. The van der Waals surface area contributed by atoms with Gasteiger partial charge >= 0.3 is 0 Å². The maximum absolute atomic E-state index is 7.93. The van der Waals surface area contributed by atoms with E-state index in [2.05, 4.69) is 39.8 Å². The lowest BCUT2D eigenvalue weighted by Crippen LogP contribution is -2.00. The Morgan fingerprint density at radius 2 is 1.67 bits per heavy atom. The predicted octanol–water partition coefficient (Wildman–Crippen LogP) is 4.83. The number of hydrogen-bond donors (Lipinski definition) is 1. The molecule has 0 radical (unpaired) electrons. The van der Waals surface area contributed by atoms with E-state index in [1.807, 2.05) is 19.1 Å². The first kappa shape index (κ1) is 12.8. The van der Waals surface area contributed by atoms with Gasteiger partial charge in [-0.15, -0.1) is 0 Å². The molecule has 1 heteroatoms. The van der Waals surface area contributed by atoms with E-state index in [0.29, 0.717) is 11.6 Å². The Morgan fingerprint density at radius 3 is 2.17 bits per heavy atom. The third kappa shape index (κ3) is 1.84. The monoisotopic (exact) mass is 239 g/mol. The zero-order valence-electron chi connectivity index (χ0n) is 11.9. The second kappa shape index (κ2) is 4.56. The van der Waals surface area contributed by atoms with Gasteiger partial charge < -0.3 is 5.41 Å². The number of benzene rings is 1. The molecule has 0 aromatic heterocycles. The summed E-state index contributed by atoms with van der Waals surface area (Å²) in [6.45, 7) is 10.8. The van der Waals surface area contributed by atoms with E-state index in [-0.39, 0.29) is 0 Å². The zero-order valence-corrected chi connectivity index (χ0v) is 11.9. The van der Waals surface area contributed by atoms with Crippen molar-refractivity contribution in [1.29, 1.82) is 5.41 Å². The van der Waals surface area contributed by atoms with E-state index >= 15 is 0 Å². The minimum absolute atomic E-state index is 0.527. The average molecular weight is 239 g/mol. The van der Waals surface area contributed by atoms with Crippen molar-refractivity contribution in [3.05, 3.63) is 52.1 Å². The topological polar surface area (TPSA) is 23.9 Å². The number of allylic oxidation sites excluding steroid dienone is 4. The van der Waals surface area contributed by atoms with Crippen molar-refractivity contribution in [1.82, 2.24) is 0 Å². The van der Waals surface area contributed by atoms with Crippen LogP contribution in [0.1, 0.15) is 45.7 Å². The molecule has 1 aliphatic rings. The lowest BCUT2D eigenvalue weighted by atomic mass is 9.91. The molecule has 0 saturated heterocycles. The van der Waals surface area contributed by atoms with Crippen molar-refractivity contribution < 1.29 is 0 Å². The molecular weight excluding hydrogens is 218 g/mol. The third-order valence-corrected chi connectivity index (χ3v) is 4.26. The number of hydrogen-bond acceptors (Lipinski definition) is 1. The van der Waals surface area contributed by atoms with Gasteiger partial charge in [0, 0.05) is 11.3 Å². The predicted molar refractivity (Wildman–Crippen MR) is 79.1 cm³/mol. The summed E-state index contributed by atoms with van der Waals surface area (Å²) in [5.41, 5.74) is 8.52. The average Bonchev–Trinajstić information content (AvgIpc) is 2.54. The van der Waals surface area contributed by atoms with Gasteiger partial charge in [-0.3, -0.25) is 0 Å². The van der Waals surface area contributed by atoms with Crippen molar-refractivity contribution >= 4 is 11.3 Å². The standard InChI is InChI=1S/C17H21N/c1-10-11(2)13(4)17(12(10)3)16-9-7-6-8-15(16)14(5)18/h6-10,18H,1-5H3. The van der Waals surface area contributed by atoms with Crippen molar-refractivity contribution in [2.45, 2.75) is 34.6 Å². The summed E-state index contributed by atoms with van der Waals surface area (Å²) in [7, 11) is 0. The highest BCUT2D eigenvalue weighted by atomic mass is 14.4. The van der Waals surface area contributed by atoms with Crippen LogP contribution in [0, 0.1) is 11.3 Å². The molecule has 0 aliphatic heterocycles. The number of rotatable bonds is 2. The first-order valence-electron chi connectivity index (χ1n) is 6.48.